The van der Waals surface area contributed by atoms with Crippen LogP contribution in [0.15, 0.2) is 59.8 Å². The summed E-state index contributed by atoms with van der Waals surface area (Å²) in [4.78, 5) is 33.8. The Kier molecular flexibility index (Phi) is 9.06. The zero-order valence-electron chi connectivity index (χ0n) is 26.5. The fraction of sp³-hybridized carbons (Fsp3) is 0.364. The highest BCUT2D eigenvalue weighted by Crippen LogP contribution is 2.34. The second-order valence-electron chi connectivity index (χ2n) is 11.8. The average molecular weight is 631 g/mol. The maximum Gasteiger partial charge on any atom is 0.264 e. The molecule has 1 aliphatic heterocycles. The molecule has 0 saturated carbocycles. The van der Waals surface area contributed by atoms with Crippen molar-refractivity contribution in [2.45, 2.75) is 72.1 Å². The SMILES string of the molecule is Cc1cccc(C)c1-c1nc2nc(c1C)OCC(C(C)C)N(Cc1ncc(OC(C)C)cn1)C(=O)c1cccc(c1)S(=O)(=O)N2. The minimum Gasteiger partial charge on any atom is -0.488 e. The minimum absolute atomic E-state index is 0.0401. The molecule has 5 rings (SSSR count). The van der Waals surface area contributed by atoms with Gasteiger partial charge in [0.2, 0.25) is 11.8 Å². The Morgan fingerprint density at radius 1 is 1.00 bits per heavy atom. The monoisotopic (exact) mass is 630 g/mol. The van der Waals surface area contributed by atoms with Gasteiger partial charge in [0.15, 0.2) is 5.75 Å². The molecule has 3 heterocycles. The van der Waals surface area contributed by atoms with Gasteiger partial charge in [0, 0.05) is 16.7 Å². The summed E-state index contributed by atoms with van der Waals surface area (Å²) >= 11 is 0. The normalized spacial score (nSPS) is 16.3. The molecule has 1 amide bonds. The number of rotatable bonds is 6. The first kappa shape index (κ1) is 31.8. The number of nitrogens with one attached hydrogen (secondary N) is 1. The molecule has 0 fully saturated rings. The highest BCUT2D eigenvalue weighted by atomic mass is 32.2. The zero-order chi connectivity index (χ0) is 32.5. The molecule has 4 aromatic rings. The van der Waals surface area contributed by atoms with Crippen LogP contribution in [0.4, 0.5) is 5.95 Å². The van der Waals surface area contributed by atoms with Gasteiger partial charge in [-0.05, 0) is 69.9 Å². The predicted octanol–water partition coefficient (Wildman–Crippen LogP) is 5.51. The number of hydrogen-bond donors (Lipinski definition) is 1. The first-order chi connectivity index (χ1) is 21.3. The number of carbonyl (C=O) groups is 1. The lowest BCUT2D eigenvalue weighted by Crippen LogP contribution is -2.46. The molecule has 0 spiro atoms. The third-order valence-electron chi connectivity index (χ3n) is 7.62. The van der Waals surface area contributed by atoms with Crippen LogP contribution in [0.3, 0.4) is 0 Å². The quantitative estimate of drug-likeness (QED) is 0.293. The molecule has 11 nitrogen and oxygen atoms in total. The van der Waals surface area contributed by atoms with Crippen LogP contribution >= 0.6 is 0 Å². The number of hydrogen-bond acceptors (Lipinski definition) is 9. The lowest BCUT2D eigenvalue weighted by molar-refractivity contribution is 0.0496. The maximum atomic E-state index is 14.2. The number of ether oxygens (including phenoxy) is 2. The van der Waals surface area contributed by atoms with Crippen LogP contribution in [-0.2, 0) is 16.6 Å². The maximum absolute atomic E-state index is 14.2. The van der Waals surface area contributed by atoms with E-state index < -0.39 is 16.1 Å². The lowest BCUT2D eigenvalue weighted by Gasteiger charge is -2.34. The third kappa shape index (κ3) is 6.90. The molecule has 1 aliphatic rings. The lowest BCUT2D eigenvalue weighted by atomic mass is 9.97. The van der Waals surface area contributed by atoms with Crippen LogP contribution in [-0.4, -0.2) is 57.9 Å². The molecule has 2 aromatic heterocycles. The highest BCUT2D eigenvalue weighted by molar-refractivity contribution is 7.92. The fourth-order valence-electron chi connectivity index (χ4n) is 5.31. The molecular formula is C33H38N6O5S. The van der Waals surface area contributed by atoms with Crippen molar-refractivity contribution in [3.8, 4) is 22.9 Å². The second-order valence-corrected chi connectivity index (χ2v) is 13.5. The molecule has 1 atom stereocenters. The van der Waals surface area contributed by atoms with Crippen molar-refractivity contribution in [2.75, 3.05) is 11.3 Å². The van der Waals surface area contributed by atoms with E-state index in [1.165, 1.54) is 12.1 Å². The number of sulfonamides is 1. The van der Waals surface area contributed by atoms with Crippen LogP contribution in [0, 0.1) is 26.7 Å². The number of aromatic nitrogens is 4. The first-order valence-electron chi connectivity index (χ1n) is 14.8. The summed E-state index contributed by atoms with van der Waals surface area (Å²) in [7, 11) is -4.18. The standard InChI is InChI=1S/C33H38N6O5S/c1-19(2)27-18-43-31-23(7)30(29-21(5)10-8-11-22(29)6)36-33(37-31)38-45(41,42)26-13-9-12-24(14-26)32(40)39(27)17-28-34-15-25(16-35-28)44-20(3)4/h8-16,19-20,27H,17-18H2,1-7H3,(H,36,37,38). The van der Waals surface area contributed by atoms with Gasteiger partial charge >= 0.3 is 0 Å². The van der Waals surface area contributed by atoms with Gasteiger partial charge in [-0.2, -0.15) is 4.98 Å². The smallest absolute Gasteiger partial charge is 0.264 e. The van der Waals surface area contributed by atoms with Gasteiger partial charge in [-0.15, -0.1) is 0 Å². The van der Waals surface area contributed by atoms with E-state index >= 15 is 0 Å². The molecular weight excluding hydrogens is 592 g/mol. The molecule has 236 valence electrons. The number of benzene rings is 2. The van der Waals surface area contributed by atoms with E-state index in [4.69, 9.17) is 9.47 Å². The van der Waals surface area contributed by atoms with E-state index in [1.54, 1.807) is 29.4 Å². The summed E-state index contributed by atoms with van der Waals surface area (Å²) in [5.41, 5.74) is 4.22. The number of nitrogens with zero attached hydrogens (tertiary/aromatic N) is 5. The average Bonchev–Trinajstić information content (AvgIpc) is 2.98. The summed E-state index contributed by atoms with van der Waals surface area (Å²) in [6.07, 6.45) is 3.11. The molecule has 12 heteroatoms. The number of anilines is 1. The number of fused-ring (bicyclic) bond motifs is 4. The Labute approximate surface area is 264 Å². The first-order valence-corrected chi connectivity index (χ1v) is 16.3. The summed E-state index contributed by atoms with van der Waals surface area (Å²) in [5.74, 6) is 0.569. The molecule has 1 N–H and O–H groups in total. The van der Waals surface area contributed by atoms with Gasteiger partial charge in [-0.3, -0.25) is 4.79 Å². The van der Waals surface area contributed by atoms with E-state index in [2.05, 4.69) is 24.7 Å². The summed E-state index contributed by atoms with van der Waals surface area (Å²) in [6.45, 7) is 13.8. The van der Waals surface area contributed by atoms with Crippen LogP contribution in [0.25, 0.3) is 11.3 Å². The van der Waals surface area contributed by atoms with Crippen LogP contribution in [0.5, 0.6) is 11.6 Å². The summed E-state index contributed by atoms with van der Waals surface area (Å²) < 4.78 is 41.8. The van der Waals surface area contributed by atoms with Gasteiger partial charge in [-0.25, -0.2) is 28.1 Å². The van der Waals surface area contributed by atoms with Crippen LogP contribution in [0.1, 0.15) is 60.6 Å². The second kappa shape index (κ2) is 12.8. The van der Waals surface area contributed by atoms with Gasteiger partial charge in [0.05, 0.1) is 41.7 Å². The van der Waals surface area contributed by atoms with Crippen molar-refractivity contribution < 1.29 is 22.7 Å². The van der Waals surface area contributed by atoms with Crippen LogP contribution in [0.2, 0.25) is 0 Å². The largest absolute Gasteiger partial charge is 0.488 e. The van der Waals surface area contributed by atoms with Crippen molar-refractivity contribution in [2.24, 2.45) is 5.92 Å². The van der Waals surface area contributed by atoms with E-state index in [0.717, 1.165) is 16.7 Å². The molecule has 0 aliphatic carbocycles. The summed E-state index contributed by atoms with van der Waals surface area (Å²) in [6, 6.07) is 11.4. The number of aryl methyl sites for hydroxylation is 2. The van der Waals surface area contributed by atoms with E-state index in [1.807, 2.05) is 66.7 Å². The van der Waals surface area contributed by atoms with Crippen molar-refractivity contribution in [1.82, 2.24) is 24.8 Å². The van der Waals surface area contributed by atoms with Crippen molar-refractivity contribution in [3.63, 3.8) is 0 Å². The molecule has 45 heavy (non-hydrogen) atoms. The van der Waals surface area contributed by atoms with E-state index in [-0.39, 0.29) is 53.4 Å². The van der Waals surface area contributed by atoms with Gasteiger partial charge in [-0.1, -0.05) is 38.1 Å². The summed E-state index contributed by atoms with van der Waals surface area (Å²) in [5, 5.41) is 0. The Bertz CT molecular complexity index is 1810. The van der Waals surface area contributed by atoms with E-state index in [0.29, 0.717) is 22.8 Å². The fourth-order valence-corrected chi connectivity index (χ4v) is 6.30. The van der Waals surface area contributed by atoms with Crippen LogP contribution < -0.4 is 14.2 Å². The molecule has 2 aromatic carbocycles. The van der Waals surface area contributed by atoms with Crippen molar-refractivity contribution in [1.29, 1.82) is 0 Å². The molecule has 0 saturated heterocycles. The van der Waals surface area contributed by atoms with Gasteiger partial charge in [0.25, 0.3) is 15.9 Å². The number of carbonyl (C=O) groups excluding carboxylic acids is 1. The minimum atomic E-state index is -4.18. The topological polar surface area (TPSA) is 136 Å². The number of amides is 1. The van der Waals surface area contributed by atoms with Crippen molar-refractivity contribution in [3.05, 3.63) is 82.9 Å². The van der Waals surface area contributed by atoms with Gasteiger partial charge in [0.1, 0.15) is 12.4 Å². The molecule has 0 radical (unpaired) electrons. The Morgan fingerprint density at radius 3 is 2.31 bits per heavy atom. The van der Waals surface area contributed by atoms with Crippen molar-refractivity contribution >= 4 is 21.9 Å². The third-order valence-corrected chi connectivity index (χ3v) is 8.95. The molecule has 1 unspecified atom stereocenters. The zero-order valence-corrected chi connectivity index (χ0v) is 27.3. The van der Waals surface area contributed by atoms with Gasteiger partial charge < -0.3 is 14.4 Å². The Hall–Kier alpha value is -4.58. The Morgan fingerprint density at radius 2 is 1.67 bits per heavy atom. The molecule has 4 bridgehead atoms. The predicted molar refractivity (Wildman–Crippen MR) is 171 cm³/mol. The highest BCUT2D eigenvalue weighted by Gasteiger charge is 2.31. The Balaban J connectivity index is 1.65. The van der Waals surface area contributed by atoms with E-state index in [9.17, 15) is 13.2 Å².